The van der Waals surface area contributed by atoms with Gasteiger partial charge in [-0.05, 0) is 44.7 Å². The van der Waals surface area contributed by atoms with Gasteiger partial charge in [0.05, 0.1) is 11.8 Å². The third-order valence-electron chi connectivity index (χ3n) is 5.78. The average molecular weight is 503 g/mol. The minimum Gasteiger partial charge on any atom is -0.491 e. The monoisotopic (exact) mass is 503 g/mol. The molecule has 192 valence electrons. The average Bonchev–Trinajstić information content (AvgIpc) is 3.10. The fourth-order valence-corrected chi connectivity index (χ4v) is 3.91. The quantitative estimate of drug-likeness (QED) is 0.481. The zero-order valence-corrected chi connectivity index (χ0v) is 19.3. The normalized spacial score (nSPS) is 17.5. The minimum atomic E-state index is -4.43. The maximum atomic E-state index is 13.3. The summed E-state index contributed by atoms with van der Waals surface area (Å²) in [5, 5.41) is 14.5. The van der Waals surface area contributed by atoms with Crippen LogP contribution in [0.5, 0.6) is 5.75 Å². The number of likely N-dealkylation sites (N-methyl/N-ethyl adjacent to an activating group) is 1. The summed E-state index contributed by atoms with van der Waals surface area (Å²) in [7, 11) is 1.76. The van der Waals surface area contributed by atoms with E-state index in [2.05, 4.69) is 5.10 Å². The highest BCUT2D eigenvalue weighted by Gasteiger charge is 2.39. The molecule has 5 nitrogen and oxygen atoms in total. The largest absolute Gasteiger partial charge is 0.491 e. The number of ether oxygens (including phenoxy) is 1. The first-order chi connectivity index (χ1) is 16.3. The van der Waals surface area contributed by atoms with E-state index in [1.54, 1.807) is 35.8 Å². The third kappa shape index (κ3) is 7.35. The van der Waals surface area contributed by atoms with Crippen molar-refractivity contribution in [1.82, 2.24) is 14.7 Å². The van der Waals surface area contributed by atoms with Crippen molar-refractivity contribution in [2.45, 2.75) is 44.9 Å². The summed E-state index contributed by atoms with van der Waals surface area (Å²) < 4.78 is 84.8. The maximum Gasteiger partial charge on any atom is 0.416 e. The van der Waals surface area contributed by atoms with E-state index in [-0.39, 0.29) is 31.9 Å². The summed E-state index contributed by atoms with van der Waals surface area (Å²) in [6, 6.07) is 4.20. The van der Waals surface area contributed by atoms with E-state index in [1.807, 2.05) is 0 Å². The number of allylic oxidation sites excluding steroid dienone is 4. The summed E-state index contributed by atoms with van der Waals surface area (Å²) in [5.74, 6) is -0.505. The summed E-state index contributed by atoms with van der Waals surface area (Å²) in [6.07, 6.45) is -3.61. The van der Waals surface area contributed by atoms with Gasteiger partial charge < -0.3 is 9.84 Å². The molecule has 0 radical (unpaired) electrons. The number of nitrogens with zero attached hydrogens (tertiary/aromatic N) is 3. The van der Waals surface area contributed by atoms with Crippen LogP contribution in [0.3, 0.4) is 0 Å². The molecule has 11 heteroatoms. The van der Waals surface area contributed by atoms with Gasteiger partial charge in [0.1, 0.15) is 18.5 Å². The van der Waals surface area contributed by atoms with Crippen molar-refractivity contribution in [3.05, 3.63) is 71.1 Å². The lowest BCUT2D eigenvalue weighted by atomic mass is 9.91. The minimum absolute atomic E-state index is 0.106. The van der Waals surface area contributed by atoms with Crippen LogP contribution in [0.1, 0.15) is 23.2 Å². The summed E-state index contributed by atoms with van der Waals surface area (Å²) in [5.41, 5.74) is 0.201. The lowest BCUT2D eigenvalue weighted by Crippen LogP contribution is -2.33. The molecule has 2 atom stereocenters. The smallest absolute Gasteiger partial charge is 0.416 e. The maximum absolute atomic E-state index is 13.3. The van der Waals surface area contributed by atoms with E-state index >= 15 is 0 Å². The molecule has 2 aromatic rings. The molecule has 1 heterocycles. The van der Waals surface area contributed by atoms with Crippen molar-refractivity contribution in [2.24, 2.45) is 5.92 Å². The van der Waals surface area contributed by atoms with E-state index in [4.69, 9.17) is 4.74 Å². The summed E-state index contributed by atoms with van der Waals surface area (Å²) in [4.78, 5) is 1.81. The van der Waals surface area contributed by atoms with Gasteiger partial charge in [0.2, 0.25) is 0 Å². The fourth-order valence-electron chi connectivity index (χ4n) is 3.91. The molecule has 0 saturated carbocycles. The Morgan fingerprint density at radius 3 is 2.46 bits per heavy atom. The molecule has 1 aliphatic carbocycles. The Balaban J connectivity index is 1.51. The number of aliphatic hydroxyl groups is 1. The number of halogens is 6. The molecule has 0 amide bonds. The Morgan fingerprint density at radius 2 is 1.83 bits per heavy atom. The summed E-state index contributed by atoms with van der Waals surface area (Å²) in [6.45, 7) is 2.38. The highest BCUT2D eigenvalue weighted by molar-refractivity contribution is 5.29. The van der Waals surface area contributed by atoms with Crippen molar-refractivity contribution in [3.63, 3.8) is 0 Å². The van der Waals surface area contributed by atoms with E-state index in [1.165, 1.54) is 18.2 Å². The molecule has 0 aliphatic heterocycles. The second kappa shape index (κ2) is 10.9. The molecule has 3 rings (SSSR count). The van der Waals surface area contributed by atoms with E-state index < -0.39 is 35.5 Å². The Labute approximate surface area is 199 Å². The number of rotatable bonds is 9. The van der Waals surface area contributed by atoms with Gasteiger partial charge in [-0.3, -0.25) is 9.58 Å². The van der Waals surface area contributed by atoms with E-state index in [0.29, 0.717) is 6.54 Å². The highest BCUT2D eigenvalue weighted by Crippen LogP contribution is 2.36. The van der Waals surface area contributed by atoms with Crippen LogP contribution in [0.15, 0.2) is 54.3 Å². The molecule has 35 heavy (non-hydrogen) atoms. The predicted molar refractivity (Wildman–Crippen MR) is 118 cm³/mol. The number of aliphatic hydroxyl groups excluding tert-OH is 1. The summed E-state index contributed by atoms with van der Waals surface area (Å²) >= 11 is 0. The van der Waals surface area contributed by atoms with E-state index in [0.717, 1.165) is 29.5 Å². The first-order valence-corrected chi connectivity index (χ1v) is 11.0. The molecule has 0 bridgehead atoms. The van der Waals surface area contributed by atoms with Gasteiger partial charge in [0, 0.05) is 42.4 Å². The Kier molecular flexibility index (Phi) is 8.32. The van der Waals surface area contributed by atoms with Crippen molar-refractivity contribution >= 4 is 0 Å². The van der Waals surface area contributed by atoms with E-state index in [9.17, 15) is 31.4 Å². The lowest BCUT2D eigenvalue weighted by molar-refractivity contribution is -0.137. The number of aromatic nitrogens is 2. The Hall–Kier alpha value is -2.79. The van der Waals surface area contributed by atoms with Crippen molar-refractivity contribution < 1.29 is 36.2 Å². The third-order valence-corrected chi connectivity index (χ3v) is 5.78. The first kappa shape index (κ1) is 26.8. The zero-order valence-electron chi connectivity index (χ0n) is 19.3. The van der Waals surface area contributed by atoms with Gasteiger partial charge >= 0.3 is 12.4 Å². The number of alkyl halides is 6. The number of hydrogen-bond acceptors (Lipinski definition) is 4. The topological polar surface area (TPSA) is 50.5 Å². The van der Waals surface area contributed by atoms with Crippen LogP contribution in [-0.2, 0) is 19.3 Å². The number of benzene rings is 1. The van der Waals surface area contributed by atoms with Gasteiger partial charge in [-0.25, -0.2) is 0 Å². The molecule has 0 saturated heterocycles. The Bertz CT molecular complexity index is 1040. The van der Waals surface area contributed by atoms with Crippen LogP contribution in [0, 0.1) is 12.8 Å². The first-order valence-electron chi connectivity index (χ1n) is 11.0. The second-order valence-corrected chi connectivity index (χ2v) is 8.60. The van der Waals surface area contributed by atoms with Gasteiger partial charge in [-0.15, -0.1) is 0 Å². The molecular formula is C24H27F6N3O2. The van der Waals surface area contributed by atoms with Gasteiger partial charge in [-0.2, -0.15) is 31.4 Å². The molecule has 2 unspecified atom stereocenters. The molecule has 0 fully saturated rings. The molecule has 1 aromatic heterocycles. The SMILES string of the molecule is Cc1c(CN(C)CC(O)COc2ccc(C(F)(F)F)cc2)cnn1CC1CC=CC=C1C(F)(F)F. The molecule has 0 spiro atoms. The van der Waals surface area contributed by atoms with Crippen LogP contribution >= 0.6 is 0 Å². The zero-order chi connectivity index (χ0) is 25.8. The highest BCUT2D eigenvalue weighted by atomic mass is 19.4. The lowest BCUT2D eigenvalue weighted by Gasteiger charge is -2.24. The van der Waals surface area contributed by atoms with Crippen LogP contribution in [0.4, 0.5) is 26.3 Å². The van der Waals surface area contributed by atoms with Crippen molar-refractivity contribution in [3.8, 4) is 5.75 Å². The van der Waals surface area contributed by atoms with Crippen LogP contribution in [-0.4, -0.2) is 52.3 Å². The standard InChI is InChI=1S/C24H27F6N3O2/c1-16-18(11-31-33(16)13-17-5-3-4-6-22(17)24(28,29)30)12-32(2)14-20(34)15-35-21-9-7-19(8-10-21)23(25,26)27/h3-4,6-11,17,20,34H,5,12-15H2,1-2H3. The van der Waals surface area contributed by atoms with Gasteiger partial charge in [-0.1, -0.05) is 18.2 Å². The van der Waals surface area contributed by atoms with Gasteiger partial charge in [0.15, 0.2) is 0 Å². The second-order valence-electron chi connectivity index (χ2n) is 8.60. The number of hydrogen-bond donors (Lipinski definition) is 1. The van der Waals surface area contributed by atoms with Crippen molar-refractivity contribution in [2.75, 3.05) is 20.2 Å². The van der Waals surface area contributed by atoms with Crippen LogP contribution < -0.4 is 4.74 Å². The predicted octanol–water partition coefficient (Wildman–Crippen LogP) is 5.15. The molecule has 1 N–H and O–H groups in total. The fraction of sp³-hybridized carbons (Fsp3) is 0.458. The molecule has 1 aromatic carbocycles. The van der Waals surface area contributed by atoms with Gasteiger partial charge in [0.25, 0.3) is 0 Å². The van der Waals surface area contributed by atoms with Crippen LogP contribution in [0.25, 0.3) is 0 Å². The van der Waals surface area contributed by atoms with Crippen molar-refractivity contribution in [1.29, 1.82) is 0 Å². The Morgan fingerprint density at radius 1 is 1.14 bits per heavy atom. The molecular weight excluding hydrogens is 476 g/mol. The molecule has 1 aliphatic rings. The van der Waals surface area contributed by atoms with Crippen LogP contribution in [0.2, 0.25) is 0 Å².